The van der Waals surface area contributed by atoms with Crippen LogP contribution in [-0.2, 0) is 0 Å². The first kappa shape index (κ1) is 13.4. The molecule has 0 amide bonds. The normalized spacial score (nSPS) is 22.1. The average Bonchev–Trinajstić information content (AvgIpc) is 2.69. The monoisotopic (exact) mass is 250 g/mol. The zero-order valence-corrected chi connectivity index (χ0v) is 11.9. The van der Waals surface area contributed by atoms with Crippen LogP contribution in [0.3, 0.4) is 0 Å². The zero-order valence-electron chi connectivity index (χ0n) is 11.9. The van der Waals surface area contributed by atoms with E-state index in [1.165, 1.54) is 44.6 Å². The van der Waals surface area contributed by atoms with Crippen LogP contribution in [0.5, 0.6) is 0 Å². The van der Waals surface area contributed by atoms with Crippen molar-refractivity contribution in [3.63, 3.8) is 0 Å². The van der Waals surface area contributed by atoms with Crippen LogP contribution in [-0.4, -0.2) is 40.4 Å². The molecule has 1 aromatic heterocycles. The van der Waals surface area contributed by atoms with Crippen LogP contribution in [0.25, 0.3) is 0 Å². The topological polar surface area (TPSA) is 33.1 Å². The second-order valence-electron chi connectivity index (χ2n) is 5.51. The van der Waals surface area contributed by atoms with Gasteiger partial charge in [0.1, 0.15) is 0 Å². The summed E-state index contributed by atoms with van der Waals surface area (Å²) in [7, 11) is 0. The van der Waals surface area contributed by atoms with E-state index >= 15 is 0 Å². The van der Waals surface area contributed by atoms with Crippen LogP contribution in [0.15, 0.2) is 12.4 Å². The Morgan fingerprint density at radius 2 is 2.22 bits per heavy atom. The highest BCUT2D eigenvalue weighted by atomic mass is 15.3. The van der Waals surface area contributed by atoms with E-state index in [4.69, 9.17) is 0 Å². The molecule has 1 N–H and O–H groups in total. The molecule has 1 aliphatic heterocycles. The van der Waals surface area contributed by atoms with E-state index in [1.54, 1.807) is 0 Å². The van der Waals surface area contributed by atoms with E-state index < -0.39 is 0 Å². The summed E-state index contributed by atoms with van der Waals surface area (Å²) in [5, 5.41) is 8.01. The van der Waals surface area contributed by atoms with Gasteiger partial charge in [0.05, 0.1) is 11.9 Å². The smallest absolute Gasteiger partial charge is 0.0728 e. The SMILES string of the molecule is CCN1CCCC(Nc2cnn(C(C)C)c2)CC1. The van der Waals surface area contributed by atoms with Crippen molar-refractivity contribution in [2.45, 2.75) is 52.1 Å². The van der Waals surface area contributed by atoms with Gasteiger partial charge in [0.25, 0.3) is 0 Å². The average molecular weight is 250 g/mol. The first-order valence-corrected chi connectivity index (χ1v) is 7.22. The molecule has 1 atom stereocenters. The molecule has 4 nitrogen and oxygen atoms in total. The van der Waals surface area contributed by atoms with Gasteiger partial charge in [-0.05, 0) is 46.2 Å². The minimum absolute atomic E-state index is 0.435. The molecule has 4 heteroatoms. The highest BCUT2D eigenvalue weighted by Gasteiger charge is 2.16. The largest absolute Gasteiger partial charge is 0.380 e. The molecular formula is C14H26N4. The number of hydrogen-bond donors (Lipinski definition) is 1. The maximum atomic E-state index is 4.38. The van der Waals surface area contributed by atoms with Crippen molar-refractivity contribution in [2.24, 2.45) is 0 Å². The minimum atomic E-state index is 0.435. The van der Waals surface area contributed by atoms with Gasteiger partial charge in [-0.15, -0.1) is 0 Å². The van der Waals surface area contributed by atoms with E-state index in [0.29, 0.717) is 12.1 Å². The lowest BCUT2D eigenvalue weighted by Gasteiger charge is -2.18. The molecule has 2 rings (SSSR count). The Morgan fingerprint density at radius 3 is 2.89 bits per heavy atom. The summed E-state index contributed by atoms with van der Waals surface area (Å²) in [5.74, 6) is 0. The maximum Gasteiger partial charge on any atom is 0.0728 e. The summed E-state index contributed by atoms with van der Waals surface area (Å²) >= 11 is 0. The molecule has 1 aromatic rings. The first-order valence-electron chi connectivity index (χ1n) is 7.22. The van der Waals surface area contributed by atoms with Crippen molar-refractivity contribution in [3.05, 3.63) is 12.4 Å². The van der Waals surface area contributed by atoms with Gasteiger partial charge in [0.15, 0.2) is 0 Å². The van der Waals surface area contributed by atoms with Crippen LogP contribution >= 0.6 is 0 Å². The number of likely N-dealkylation sites (tertiary alicyclic amines) is 1. The zero-order chi connectivity index (χ0) is 13.0. The fourth-order valence-electron chi connectivity index (χ4n) is 2.55. The van der Waals surface area contributed by atoms with E-state index in [-0.39, 0.29) is 0 Å². The summed E-state index contributed by atoms with van der Waals surface area (Å²) < 4.78 is 2.01. The molecule has 1 fully saturated rings. The fraction of sp³-hybridized carbons (Fsp3) is 0.786. The Hall–Kier alpha value is -1.03. The second-order valence-corrected chi connectivity index (χ2v) is 5.51. The summed E-state index contributed by atoms with van der Waals surface area (Å²) in [6, 6.07) is 1.04. The Bertz CT molecular complexity index is 358. The van der Waals surface area contributed by atoms with Gasteiger partial charge < -0.3 is 10.2 Å². The molecule has 0 aliphatic carbocycles. The third kappa shape index (κ3) is 3.48. The van der Waals surface area contributed by atoms with E-state index in [2.05, 4.69) is 42.3 Å². The van der Waals surface area contributed by atoms with Gasteiger partial charge in [-0.25, -0.2) is 0 Å². The molecular weight excluding hydrogens is 224 g/mol. The summed E-state index contributed by atoms with van der Waals surface area (Å²) in [6.45, 7) is 10.2. The summed E-state index contributed by atoms with van der Waals surface area (Å²) in [5.41, 5.74) is 1.17. The summed E-state index contributed by atoms with van der Waals surface area (Å²) in [4.78, 5) is 2.54. The van der Waals surface area contributed by atoms with Crippen molar-refractivity contribution in [3.8, 4) is 0 Å². The van der Waals surface area contributed by atoms with Gasteiger partial charge in [-0.1, -0.05) is 6.92 Å². The van der Waals surface area contributed by atoms with Crippen LogP contribution in [0.4, 0.5) is 5.69 Å². The standard InChI is InChI=1S/C14H26N4/c1-4-17-8-5-6-13(7-9-17)16-14-10-15-18(11-14)12(2)3/h10-13,16H,4-9H2,1-3H3. The predicted molar refractivity (Wildman–Crippen MR) is 76.0 cm³/mol. The van der Waals surface area contributed by atoms with Crippen LogP contribution in [0.1, 0.15) is 46.1 Å². The van der Waals surface area contributed by atoms with E-state index in [9.17, 15) is 0 Å². The number of aromatic nitrogens is 2. The highest BCUT2D eigenvalue weighted by molar-refractivity contribution is 5.39. The molecule has 1 saturated heterocycles. The highest BCUT2D eigenvalue weighted by Crippen LogP contribution is 2.17. The molecule has 18 heavy (non-hydrogen) atoms. The molecule has 0 spiro atoms. The van der Waals surface area contributed by atoms with Gasteiger partial charge in [0.2, 0.25) is 0 Å². The Labute approximate surface area is 110 Å². The van der Waals surface area contributed by atoms with Crippen LogP contribution < -0.4 is 5.32 Å². The lowest BCUT2D eigenvalue weighted by atomic mass is 10.1. The Balaban J connectivity index is 1.88. The molecule has 0 radical (unpaired) electrons. The maximum absolute atomic E-state index is 4.38. The van der Waals surface area contributed by atoms with Gasteiger partial charge in [-0.3, -0.25) is 4.68 Å². The molecule has 1 aliphatic rings. The van der Waals surface area contributed by atoms with Gasteiger partial charge in [-0.2, -0.15) is 5.10 Å². The fourth-order valence-corrected chi connectivity index (χ4v) is 2.55. The predicted octanol–water partition coefficient (Wildman–Crippen LogP) is 2.75. The molecule has 1 unspecified atom stereocenters. The van der Waals surface area contributed by atoms with Crippen LogP contribution in [0.2, 0.25) is 0 Å². The number of anilines is 1. The van der Waals surface area contributed by atoms with Gasteiger partial charge in [0, 0.05) is 24.8 Å². The lowest BCUT2D eigenvalue weighted by molar-refractivity contribution is 0.300. The Kier molecular flexibility index (Phi) is 4.64. The quantitative estimate of drug-likeness (QED) is 0.892. The van der Waals surface area contributed by atoms with Crippen molar-refractivity contribution >= 4 is 5.69 Å². The van der Waals surface area contributed by atoms with Crippen LogP contribution in [0, 0.1) is 0 Å². The van der Waals surface area contributed by atoms with E-state index in [1.807, 2.05) is 10.9 Å². The van der Waals surface area contributed by atoms with E-state index in [0.717, 1.165) is 0 Å². The van der Waals surface area contributed by atoms with Crippen molar-refractivity contribution in [1.29, 1.82) is 0 Å². The van der Waals surface area contributed by atoms with Crippen molar-refractivity contribution in [1.82, 2.24) is 14.7 Å². The number of hydrogen-bond acceptors (Lipinski definition) is 3. The van der Waals surface area contributed by atoms with Crippen molar-refractivity contribution in [2.75, 3.05) is 25.0 Å². The lowest BCUT2D eigenvalue weighted by Crippen LogP contribution is -2.26. The third-order valence-corrected chi connectivity index (χ3v) is 3.77. The molecule has 0 aromatic carbocycles. The third-order valence-electron chi connectivity index (χ3n) is 3.77. The minimum Gasteiger partial charge on any atom is -0.380 e. The number of rotatable bonds is 4. The number of nitrogens with zero attached hydrogens (tertiary/aromatic N) is 3. The van der Waals surface area contributed by atoms with Crippen molar-refractivity contribution < 1.29 is 0 Å². The molecule has 0 saturated carbocycles. The molecule has 102 valence electrons. The summed E-state index contributed by atoms with van der Waals surface area (Å²) in [6.07, 6.45) is 7.86. The Morgan fingerprint density at radius 1 is 1.39 bits per heavy atom. The molecule has 2 heterocycles. The van der Waals surface area contributed by atoms with Gasteiger partial charge >= 0.3 is 0 Å². The number of nitrogens with one attached hydrogen (secondary N) is 1. The molecule has 0 bridgehead atoms. The second kappa shape index (κ2) is 6.23. The first-order chi connectivity index (χ1) is 8.69.